The maximum atomic E-state index is 12.3. The number of halogens is 3. The summed E-state index contributed by atoms with van der Waals surface area (Å²) in [6.07, 6.45) is -3.77. The number of alkyl halides is 3. The fraction of sp³-hybridized carbons (Fsp3) is 0.300. The lowest BCUT2D eigenvalue weighted by Gasteiger charge is -2.16. The van der Waals surface area contributed by atoms with Gasteiger partial charge >= 0.3 is 18.1 Å². The van der Waals surface area contributed by atoms with Gasteiger partial charge in [0.1, 0.15) is 0 Å². The van der Waals surface area contributed by atoms with Gasteiger partial charge in [-0.25, -0.2) is 4.79 Å². The number of fused-ring (bicyclic) bond motifs is 1. The molecule has 5 nitrogen and oxygen atoms in total. The molecule has 18 heavy (non-hydrogen) atoms. The van der Waals surface area contributed by atoms with Gasteiger partial charge in [-0.1, -0.05) is 0 Å². The third-order valence-electron chi connectivity index (χ3n) is 2.59. The second kappa shape index (κ2) is 3.97. The van der Waals surface area contributed by atoms with E-state index in [1.165, 1.54) is 12.3 Å². The van der Waals surface area contributed by atoms with E-state index >= 15 is 0 Å². The first-order valence-electron chi connectivity index (χ1n) is 4.87. The van der Waals surface area contributed by atoms with Gasteiger partial charge < -0.3 is 10.0 Å². The molecule has 0 saturated heterocycles. The zero-order valence-corrected chi connectivity index (χ0v) is 8.86. The first-order chi connectivity index (χ1) is 8.30. The van der Waals surface area contributed by atoms with Crippen LogP contribution in [0.5, 0.6) is 0 Å². The summed E-state index contributed by atoms with van der Waals surface area (Å²) >= 11 is 0. The van der Waals surface area contributed by atoms with Crippen LogP contribution in [0, 0.1) is 0 Å². The molecular weight excluding hydrogens is 253 g/mol. The van der Waals surface area contributed by atoms with Crippen molar-refractivity contribution in [2.24, 2.45) is 0 Å². The summed E-state index contributed by atoms with van der Waals surface area (Å²) < 4.78 is 36.8. The number of carboxylic acids is 1. The van der Waals surface area contributed by atoms with Gasteiger partial charge in [-0.05, 0) is 6.07 Å². The van der Waals surface area contributed by atoms with E-state index in [0.29, 0.717) is 4.90 Å². The predicted molar refractivity (Wildman–Crippen MR) is 51.5 cm³/mol. The smallest absolute Gasteiger partial charge is 0.471 e. The Labute approximate surface area is 98.8 Å². The van der Waals surface area contributed by atoms with Gasteiger partial charge in [-0.15, -0.1) is 0 Å². The fourth-order valence-corrected chi connectivity index (χ4v) is 1.80. The molecule has 1 N–H and O–H groups in total. The molecule has 0 bridgehead atoms. The summed E-state index contributed by atoms with van der Waals surface area (Å²) in [4.78, 5) is 26.2. The Kier molecular flexibility index (Phi) is 2.72. The number of rotatable bonds is 1. The molecule has 0 spiro atoms. The summed E-state index contributed by atoms with van der Waals surface area (Å²) in [7, 11) is 0. The number of carboxylic acid groups (broad SMARTS) is 1. The molecule has 0 aromatic carbocycles. The van der Waals surface area contributed by atoms with Crippen LogP contribution in [0.25, 0.3) is 0 Å². The van der Waals surface area contributed by atoms with Crippen molar-refractivity contribution in [2.75, 3.05) is 0 Å². The summed E-state index contributed by atoms with van der Waals surface area (Å²) in [5, 5.41) is 8.88. The number of aromatic nitrogens is 1. The van der Waals surface area contributed by atoms with Crippen LogP contribution in [0.2, 0.25) is 0 Å². The monoisotopic (exact) mass is 260 g/mol. The van der Waals surface area contributed by atoms with Crippen molar-refractivity contribution in [3.05, 3.63) is 29.1 Å². The zero-order chi connectivity index (χ0) is 13.5. The van der Waals surface area contributed by atoms with Gasteiger partial charge in [0.15, 0.2) is 0 Å². The second-order valence-electron chi connectivity index (χ2n) is 3.75. The minimum atomic E-state index is -4.97. The van der Waals surface area contributed by atoms with Crippen LogP contribution in [0.4, 0.5) is 13.2 Å². The van der Waals surface area contributed by atoms with Gasteiger partial charge in [-0.3, -0.25) is 9.78 Å². The normalized spacial score (nSPS) is 14.5. The molecule has 0 atom stereocenters. The number of aromatic carboxylic acids is 1. The van der Waals surface area contributed by atoms with E-state index in [-0.39, 0.29) is 29.9 Å². The van der Waals surface area contributed by atoms with Gasteiger partial charge in [0.25, 0.3) is 0 Å². The molecule has 2 rings (SSSR count). The lowest BCUT2D eigenvalue weighted by Crippen LogP contribution is -2.37. The highest BCUT2D eigenvalue weighted by Gasteiger charge is 2.44. The molecule has 0 unspecified atom stereocenters. The number of nitrogens with zero attached hydrogens (tertiary/aromatic N) is 2. The molecule has 96 valence electrons. The molecule has 0 fully saturated rings. The molecular formula is C10H7F3N2O3. The van der Waals surface area contributed by atoms with Crippen molar-refractivity contribution in [1.29, 1.82) is 0 Å². The Morgan fingerprint density at radius 2 is 2.00 bits per heavy atom. The third kappa shape index (κ3) is 2.01. The van der Waals surface area contributed by atoms with Crippen LogP contribution in [-0.2, 0) is 17.9 Å². The highest BCUT2D eigenvalue weighted by atomic mass is 19.4. The predicted octanol–water partition coefficient (Wildman–Crippen LogP) is 1.18. The number of carbonyl (C=O) groups is 2. The molecule has 8 heteroatoms. The largest absolute Gasteiger partial charge is 0.478 e. The summed E-state index contributed by atoms with van der Waals surface area (Å²) in [6.45, 7) is -0.710. The van der Waals surface area contributed by atoms with Gasteiger partial charge in [-0.2, -0.15) is 13.2 Å². The molecule has 0 saturated carbocycles. The number of hydrogen-bond acceptors (Lipinski definition) is 3. The quantitative estimate of drug-likeness (QED) is 0.823. The summed E-state index contributed by atoms with van der Waals surface area (Å²) in [6, 6.07) is 1.20. The van der Waals surface area contributed by atoms with Crippen LogP contribution in [-0.4, -0.2) is 33.0 Å². The highest BCUT2D eigenvalue weighted by molar-refractivity contribution is 5.90. The van der Waals surface area contributed by atoms with Crippen molar-refractivity contribution in [3.8, 4) is 0 Å². The Hall–Kier alpha value is -2.12. The van der Waals surface area contributed by atoms with E-state index in [0.717, 1.165) is 0 Å². The van der Waals surface area contributed by atoms with Crippen molar-refractivity contribution < 1.29 is 27.9 Å². The molecule has 1 aliphatic rings. The van der Waals surface area contributed by atoms with Crippen molar-refractivity contribution in [3.63, 3.8) is 0 Å². The lowest BCUT2D eigenvalue weighted by atomic mass is 10.1. The maximum Gasteiger partial charge on any atom is 0.471 e. The van der Waals surface area contributed by atoms with Crippen LogP contribution in [0.15, 0.2) is 12.3 Å². The van der Waals surface area contributed by atoms with E-state index < -0.39 is 18.1 Å². The van der Waals surface area contributed by atoms with Crippen LogP contribution >= 0.6 is 0 Å². The lowest BCUT2D eigenvalue weighted by molar-refractivity contribution is -0.186. The average molecular weight is 260 g/mol. The number of amides is 1. The summed E-state index contributed by atoms with van der Waals surface area (Å²) in [5.74, 6) is -3.24. The molecule has 1 amide bonds. The minimum absolute atomic E-state index is 0.127. The fourth-order valence-electron chi connectivity index (χ4n) is 1.80. The third-order valence-corrected chi connectivity index (χ3v) is 2.59. The van der Waals surface area contributed by atoms with E-state index in [1.54, 1.807) is 0 Å². The molecule has 1 aromatic rings. The van der Waals surface area contributed by atoms with Crippen LogP contribution in [0.3, 0.4) is 0 Å². The Balaban J connectivity index is 2.31. The van der Waals surface area contributed by atoms with E-state index in [1.807, 2.05) is 0 Å². The van der Waals surface area contributed by atoms with E-state index in [9.17, 15) is 22.8 Å². The first kappa shape index (κ1) is 12.3. The maximum absolute atomic E-state index is 12.3. The first-order valence-corrected chi connectivity index (χ1v) is 4.87. The molecule has 1 aliphatic heterocycles. The zero-order valence-electron chi connectivity index (χ0n) is 8.86. The standard InChI is InChI=1S/C10H7F3N2O3/c11-10(12,13)9(18)15-3-6-5(8(16)17)1-2-14-7(6)4-15/h1-2H,3-4H2,(H,16,17). The summed E-state index contributed by atoms with van der Waals surface area (Å²) in [5.41, 5.74) is 0.215. The van der Waals surface area contributed by atoms with Crippen LogP contribution in [0.1, 0.15) is 21.6 Å². The Morgan fingerprint density at radius 1 is 1.33 bits per heavy atom. The van der Waals surface area contributed by atoms with E-state index in [4.69, 9.17) is 5.11 Å². The highest BCUT2D eigenvalue weighted by Crippen LogP contribution is 2.28. The average Bonchev–Trinajstić information content (AvgIpc) is 2.69. The van der Waals surface area contributed by atoms with Gasteiger partial charge in [0, 0.05) is 18.3 Å². The molecule has 1 aromatic heterocycles. The van der Waals surface area contributed by atoms with Crippen molar-refractivity contribution >= 4 is 11.9 Å². The van der Waals surface area contributed by atoms with Crippen molar-refractivity contribution in [2.45, 2.75) is 19.3 Å². The topological polar surface area (TPSA) is 70.5 Å². The molecule has 0 radical (unpaired) electrons. The Bertz CT molecular complexity index is 528. The van der Waals surface area contributed by atoms with Crippen molar-refractivity contribution in [1.82, 2.24) is 9.88 Å². The molecule has 2 heterocycles. The minimum Gasteiger partial charge on any atom is -0.478 e. The van der Waals surface area contributed by atoms with Crippen LogP contribution < -0.4 is 0 Å². The number of pyridine rings is 1. The SMILES string of the molecule is O=C(O)c1ccnc2c1CN(C(=O)C(F)(F)F)C2. The Morgan fingerprint density at radius 3 is 2.56 bits per heavy atom. The second-order valence-corrected chi connectivity index (χ2v) is 3.75. The number of hydrogen-bond donors (Lipinski definition) is 1. The van der Waals surface area contributed by atoms with Gasteiger partial charge in [0.2, 0.25) is 0 Å². The van der Waals surface area contributed by atoms with Gasteiger partial charge in [0.05, 0.1) is 17.8 Å². The molecule has 0 aliphatic carbocycles. The number of carbonyl (C=O) groups excluding carboxylic acids is 1. The van der Waals surface area contributed by atoms with E-state index in [2.05, 4.69) is 4.98 Å².